The Morgan fingerprint density at radius 2 is 2.11 bits per heavy atom. The van der Waals surface area contributed by atoms with Crippen molar-refractivity contribution in [3.8, 4) is 0 Å². The van der Waals surface area contributed by atoms with E-state index in [-0.39, 0.29) is 5.03 Å². The lowest BCUT2D eigenvalue weighted by molar-refractivity contribution is 0.538. The summed E-state index contributed by atoms with van der Waals surface area (Å²) in [5, 5.41) is 2.88. The molecule has 18 heavy (non-hydrogen) atoms. The van der Waals surface area contributed by atoms with Crippen molar-refractivity contribution >= 4 is 15.7 Å². The first-order valence-corrected chi connectivity index (χ1v) is 7.58. The number of pyridine rings is 1. The van der Waals surface area contributed by atoms with Gasteiger partial charge in [-0.1, -0.05) is 13.8 Å². The van der Waals surface area contributed by atoms with Crippen LogP contribution in [-0.4, -0.2) is 27.0 Å². The molecule has 0 radical (unpaired) electrons. The van der Waals surface area contributed by atoms with Crippen LogP contribution < -0.4 is 10.0 Å². The predicted octanol–water partition coefficient (Wildman–Crippen LogP) is 1.84. The van der Waals surface area contributed by atoms with Crippen molar-refractivity contribution in [3.63, 3.8) is 0 Å². The molecule has 1 rings (SSSR count). The average Bonchev–Trinajstić information content (AvgIpc) is 2.34. The van der Waals surface area contributed by atoms with Gasteiger partial charge < -0.3 is 5.32 Å². The zero-order chi connectivity index (χ0) is 13.6. The van der Waals surface area contributed by atoms with E-state index < -0.39 is 10.0 Å². The lowest BCUT2D eigenvalue weighted by atomic mass is 10.1. The first-order chi connectivity index (χ1) is 8.47. The number of hydrogen-bond donors (Lipinski definition) is 2. The minimum Gasteiger partial charge on any atom is -0.386 e. The molecule has 102 valence electrons. The fourth-order valence-corrected chi connectivity index (χ4v) is 2.79. The van der Waals surface area contributed by atoms with E-state index in [0.29, 0.717) is 18.2 Å². The van der Waals surface area contributed by atoms with Crippen LogP contribution in [0.1, 0.15) is 26.7 Å². The third-order valence-electron chi connectivity index (χ3n) is 2.55. The third kappa shape index (κ3) is 4.27. The summed E-state index contributed by atoms with van der Waals surface area (Å²) in [5.41, 5.74) is 0.508. The van der Waals surface area contributed by atoms with Crippen LogP contribution in [0.2, 0.25) is 0 Å². The Hall–Kier alpha value is -1.14. The molecule has 5 nitrogen and oxygen atoms in total. The maximum absolute atomic E-state index is 12.0. The maximum atomic E-state index is 12.0. The highest BCUT2D eigenvalue weighted by molar-refractivity contribution is 7.89. The molecule has 0 aliphatic rings. The van der Waals surface area contributed by atoms with Crippen molar-refractivity contribution in [2.75, 3.05) is 18.9 Å². The Morgan fingerprint density at radius 3 is 2.72 bits per heavy atom. The molecule has 0 fully saturated rings. The molecule has 1 heterocycles. The highest BCUT2D eigenvalue weighted by Crippen LogP contribution is 2.16. The van der Waals surface area contributed by atoms with Crippen LogP contribution in [0, 0.1) is 5.92 Å². The van der Waals surface area contributed by atoms with Crippen molar-refractivity contribution in [1.29, 1.82) is 0 Å². The van der Waals surface area contributed by atoms with E-state index in [2.05, 4.69) is 28.9 Å². The fraction of sp³-hybridized carbons (Fsp3) is 0.583. The van der Waals surface area contributed by atoms with Crippen LogP contribution in [0.3, 0.4) is 0 Å². The van der Waals surface area contributed by atoms with Crippen LogP contribution >= 0.6 is 0 Å². The summed E-state index contributed by atoms with van der Waals surface area (Å²) in [7, 11) is -1.85. The minimum absolute atomic E-state index is 0.0528. The van der Waals surface area contributed by atoms with Gasteiger partial charge in [-0.15, -0.1) is 0 Å². The van der Waals surface area contributed by atoms with Crippen molar-refractivity contribution in [1.82, 2.24) is 9.71 Å². The van der Waals surface area contributed by atoms with E-state index in [1.54, 1.807) is 19.2 Å². The molecule has 0 spiro atoms. The summed E-state index contributed by atoms with van der Waals surface area (Å²) in [4.78, 5) is 3.92. The zero-order valence-corrected chi connectivity index (χ0v) is 11.9. The second-order valence-corrected chi connectivity index (χ2v) is 6.22. The van der Waals surface area contributed by atoms with Gasteiger partial charge in [0.1, 0.15) is 0 Å². The van der Waals surface area contributed by atoms with Gasteiger partial charge in [-0.05, 0) is 30.9 Å². The van der Waals surface area contributed by atoms with Crippen LogP contribution in [-0.2, 0) is 10.0 Å². The summed E-state index contributed by atoms with van der Waals surface area (Å²) in [6.45, 7) is 4.68. The third-order valence-corrected chi connectivity index (χ3v) is 3.96. The molecule has 0 aromatic carbocycles. The number of nitrogens with zero attached hydrogens (tertiary/aromatic N) is 1. The number of aromatic nitrogens is 1. The van der Waals surface area contributed by atoms with Crippen LogP contribution in [0.15, 0.2) is 23.4 Å². The molecule has 6 heteroatoms. The summed E-state index contributed by atoms with van der Waals surface area (Å²) >= 11 is 0. The Balaban J connectivity index is 2.68. The molecule has 0 aliphatic carbocycles. The number of rotatable bonds is 7. The number of sulfonamides is 1. The molecule has 1 aromatic rings. The number of anilines is 1. The van der Waals surface area contributed by atoms with E-state index in [9.17, 15) is 8.42 Å². The highest BCUT2D eigenvalue weighted by Gasteiger charge is 2.18. The van der Waals surface area contributed by atoms with Gasteiger partial charge in [-0.2, -0.15) is 0 Å². The van der Waals surface area contributed by atoms with Crippen LogP contribution in [0.5, 0.6) is 0 Å². The molecular weight excluding hydrogens is 250 g/mol. The van der Waals surface area contributed by atoms with E-state index in [0.717, 1.165) is 12.8 Å². The van der Waals surface area contributed by atoms with Gasteiger partial charge in [0.15, 0.2) is 5.03 Å². The Morgan fingerprint density at radius 1 is 1.39 bits per heavy atom. The van der Waals surface area contributed by atoms with Gasteiger partial charge >= 0.3 is 0 Å². The topological polar surface area (TPSA) is 71.1 Å². The van der Waals surface area contributed by atoms with Gasteiger partial charge in [-0.25, -0.2) is 18.1 Å². The standard InChI is InChI=1S/C12H21N3O2S/c1-10(2)6-4-9-15-18(16,17)12-11(13-3)7-5-8-14-12/h5,7-8,10,13,15H,4,6,9H2,1-3H3. The monoisotopic (exact) mass is 271 g/mol. The van der Waals surface area contributed by atoms with Crippen molar-refractivity contribution in [2.45, 2.75) is 31.7 Å². The normalized spacial score (nSPS) is 11.8. The number of hydrogen-bond acceptors (Lipinski definition) is 4. The molecule has 0 saturated heterocycles. The molecule has 0 aliphatic heterocycles. The summed E-state index contributed by atoms with van der Waals surface area (Å²) in [6.07, 6.45) is 3.31. The van der Waals surface area contributed by atoms with Crippen LogP contribution in [0.4, 0.5) is 5.69 Å². The summed E-state index contributed by atoms with van der Waals surface area (Å²) in [6, 6.07) is 3.39. The SMILES string of the molecule is CNc1cccnc1S(=O)(=O)NCCCC(C)C. The molecule has 2 N–H and O–H groups in total. The first kappa shape index (κ1) is 14.9. The molecule has 0 unspecified atom stereocenters. The molecule has 0 atom stereocenters. The van der Waals surface area contributed by atoms with Gasteiger partial charge in [0, 0.05) is 19.8 Å². The molecule has 0 amide bonds. The Bertz CT molecular complexity index is 472. The van der Waals surface area contributed by atoms with Crippen molar-refractivity contribution < 1.29 is 8.42 Å². The van der Waals surface area contributed by atoms with Crippen molar-refractivity contribution in [2.24, 2.45) is 5.92 Å². The van der Waals surface area contributed by atoms with Crippen LogP contribution in [0.25, 0.3) is 0 Å². The second kappa shape index (κ2) is 6.70. The van der Waals surface area contributed by atoms with E-state index in [4.69, 9.17) is 0 Å². The lowest BCUT2D eigenvalue weighted by Crippen LogP contribution is -2.26. The first-order valence-electron chi connectivity index (χ1n) is 6.10. The van der Waals surface area contributed by atoms with E-state index in [1.165, 1.54) is 6.20 Å². The number of nitrogens with one attached hydrogen (secondary N) is 2. The van der Waals surface area contributed by atoms with E-state index >= 15 is 0 Å². The van der Waals surface area contributed by atoms with E-state index in [1.807, 2.05) is 0 Å². The second-order valence-electron chi connectivity index (χ2n) is 4.54. The van der Waals surface area contributed by atoms with Gasteiger partial charge in [0.2, 0.25) is 0 Å². The molecule has 0 saturated carbocycles. The van der Waals surface area contributed by atoms with Gasteiger partial charge in [0.25, 0.3) is 10.0 Å². The Labute approximate surface area is 109 Å². The average molecular weight is 271 g/mol. The van der Waals surface area contributed by atoms with Gasteiger partial charge in [0.05, 0.1) is 5.69 Å². The molecule has 1 aromatic heterocycles. The lowest BCUT2D eigenvalue weighted by Gasteiger charge is -2.10. The Kier molecular flexibility index (Phi) is 5.55. The minimum atomic E-state index is -3.52. The summed E-state index contributed by atoms with van der Waals surface area (Å²) < 4.78 is 26.7. The predicted molar refractivity (Wildman–Crippen MR) is 73.0 cm³/mol. The maximum Gasteiger partial charge on any atom is 0.260 e. The van der Waals surface area contributed by atoms with Crippen molar-refractivity contribution in [3.05, 3.63) is 18.3 Å². The fourth-order valence-electron chi connectivity index (χ4n) is 1.58. The summed E-state index contributed by atoms with van der Waals surface area (Å²) in [5.74, 6) is 0.581. The molecule has 0 bridgehead atoms. The quantitative estimate of drug-likeness (QED) is 0.742. The smallest absolute Gasteiger partial charge is 0.260 e. The largest absolute Gasteiger partial charge is 0.386 e. The molecular formula is C12H21N3O2S. The van der Waals surface area contributed by atoms with Gasteiger partial charge in [-0.3, -0.25) is 0 Å². The zero-order valence-electron chi connectivity index (χ0n) is 11.1. The highest BCUT2D eigenvalue weighted by atomic mass is 32.2.